The van der Waals surface area contributed by atoms with Gasteiger partial charge in [0.25, 0.3) is 0 Å². The molecule has 0 saturated heterocycles. The molecule has 0 saturated carbocycles. The lowest BCUT2D eigenvalue weighted by Crippen LogP contribution is -2.07. The number of carboxylic acid groups (broad SMARTS) is 1. The molecule has 0 radical (unpaired) electrons. The van der Waals surface area contributed by atoms with Crippen LogP contribution in [0, 0.1) is 5.82 Å². The van der Waals surface area contributed by atoms with Gasteiger partial charge in [0.2, 0.25) is 0 Å². The zero-order chi connectivity index (χ0) is 27.0. The van der Waals surface area contributed by atoms with Gasteiger partial charge in [0, 0.05) is 29.6 Å². The van der Waals surface area contributed by atoms with E-state index in [1.54, 1.807) is 0 Å². The molecule has 1 aromatic heterocycles. The molecule has 4 aromatic rings. The van der Waals surface area contributed by atoms with Crippen LogP contribution >= 0.6 is 0 Å². The third-order valence-electron chi connectivity index (χ3n) is 5.36. The standard InChI is InChI=1S/C25H16F7N3O2/c26-19-9-18(25(30,31)32)10-20(11-19)33-12-16-13-35(21-7-3-15(4-8-21)23(36)37)34-22(16)14-1-5-17(6-2-14)24(27,28)29/h1-11,13,33H,12H2,(H,36,37). The van der Waals surface area contributed by atoms with Gasteiger partial charge in [0.05, 0.1) is 28.1 Å². The van der Waals surface area contributed by atoms with Crippen LogP contribution in [-0.4, -0.2) is 20.9 Å². The number of benzene rings is 3. The maximum Gasteiger partial charge on any atom is 0.416 e. The van der Waals surface area contributed by atoms with Gasteiger partial charge in [-0.2, -0.15) is 31.4 Å². The molecule has 12 heteroatoms. The monoisotopic (exact) mass is 523 g/mol. The summed E-state index contributed by atoms with van der Waals surface area (Å²) in [6.45, 7) is -0.148. The molecule has 0 amide bonds. The van der Waals surface area contributed by atoms with Crippen molar-refractivity contribution in [2.24, 2.45) is 0 Å². The fraction of sp³-hybridized carbons (Fsp3) is 0.120. The topological polar surface area (TPSA) is 67.2 Å². The summed E-state index contributed by atoms with van der Waals surface area (Å²) in [5, 5.41) is 16.2. The number of carboxylic acids is 1. The largest absolute Gasteiger partial charge is 0.478 e. The summed E-state index contributed by atoms with van der Waals surface area (Å²) in [6.07, 6.45) is -7.83. The molecule has 2 N–H and O–H groups in total. The maximum atomic E-state index is 13.8. The fourth-order valence-electron chi connectivity index (χ4n) is 3.54. The lowest BCUT2D eigenvalue weighted by Gasteiger charge is -2.11. The second kappa shape index (κ2) is 9.60. The molecule has 0 unspecified atom stereocenters. The average Bonchev–Trinajstić information content (AvgIpc) is 3.26. The molecule has 192 valence electrons. The molecule has 0 aliphatic heterocycles. The van der Waals surface area contributed by atoms with E-state index in [4.69, 9.17) is 5.11 Å². The molecule has 0 atom stereocenters. The number of rotatable bonds is 6. The van der Waals surface area contributed by atoms with Crippen molar-refractivity contribution >= 4 is 11.7 Å². The number of anilines is 1. The number of carbonyl (C=O) groups is 1. The highest BCUT2D eigenvalue weighted by Gasteiger charge is 2.32. The van der Waals surface area contributed by atoms with Gasteiger partial charge in [-0.05, 0) is 54.6 Å². The van der Waals surface area contributed by atoms with Crippen LogP contribution in [0.15, 0.2) is 72.9 Å². The van der Waals surface area contributed by atoms with Crippen LogP contribution in [-0.2, 0) is 18.9 Å². The van der Waals surface area contributed by atoms with Crippen LogP contribution in [0.4, 0.5) is 36.4 Å². The quantitative estimate of drug-likeness (QED) is 0.267. The number of alkyl halides is 6. The van der Waals surface area contributed by atoms with Crippen molar-refractivity contribution in [1.82, 2.24) is 9.78 Å². The zero-order valence-electron chi connectivity index (χ0n) is 18.5. The minimum atomic E-state index is -4.77. The lowest BCUT2D eigenvalue weighted by molar-refractivity contribution is -0.138. The summed E-state index contributed by atoms with van der Waals surface area (Å²) in [5.41, 5.74) is -0.894. The van der Waals surface area contributed by atoms with Crippen molar-refractivity contribution in [2.75, 3.05) is 5.32 Å². The summed E-state index contributed by atoms with van der Waals surface area (Å²) in [7, 11) is 0. The average molecular weight is 523 g/mol. The third-order valence-corrected chi connectivity index (χ3v) is 5.36. The fourth-order valence-corrected chi connectivity index (χ4v) is 3.54. The molecule has 0 spiro atoms. The van der Waals surface area contributed by atoms with E-state index in [1.165, 1.54) is 47.3 Å². The van der Waals surface area contributed by atoms with E-state index in [-0.39, 0.29) is 23.5 Å². The minimum Gasteiger partial charge on any atom is -0.478 e. The normalized spacial score (nSPS) is 12.0. The Morgan fingerprint density at radius 2 is 1.49 bits per heavy atom. The van der Waals surface area contributed by atoms with Crippen molar-refractivity contribution in [1.29, 1.82) is 0 Å². The van der Waals surface area contributed by atoms with Crippen LogP contribution in [0.5, 0.6) is 0 Å². The van der Waals surface area contributed by atoms with E-state index in [2.05, 4.69) is 10.4 Å². The number of nitrogens with one attached hydrogen (secondary N) is 1. The molecular weight excluding hydrogens is 507 g/mol. The molecule has 3 aromatic carbocycles. The lowest BCUT2D eigenvalue weighted by atomic mass is 10.1. The first-order chi connectivity index (χ1) is 17.3. The molecule has 0 bridgehead atoms. The van der Waals surface area contributed by atoms with Crippen LogP contribution in [0.25, 0.3) is 16.9 Å². The van der Waals surface area contributed by atoms with Gasteiger partial charge in [0.15, 0.2) is 0 Å². The Hall–Kier alpha value is -4.35. The molecule has 4 rings (SSSR count). The van der Waals surface area contributed by atoms with Crippen molar-refractivity contribution in [2.45, 2.75) is 18.9 Å². The smallest absolute Gasteiger partial charge is 0.416 e. The third kappa shape index (κ3) is 5.90. The van der Waals surface area contributed by atoms with Crippen molar-refractivity contribution in [3.05, 3.63) is 101 Å². The van der Waals surface area contributed by atoms with Crippen LogP contribution < -0.4 is 5.32 Å². The van der Waals surface area contributed by atoms with Gasteiger partial charge in [-0.3, -0.25) is 0 Å². The highest BCUT2D eigenvalue weighted by molar-refractivity contribution is 5.87. The molecule has 0 fully saturated rings. The number of hydrogen-bond acceptors (Lipinski definition) is 3. The zero-order valence-corrected chi connectivity index (χ0v) is 18.5. The highest BCUT2D eigenvalue weighted by atomic mass is 19.4. The van der Waals surface area contributed by atoms with E-state index in [1.807, 2.05) is 0 Å². The number of nitrogens with zero attached hydrogens (tertiary/aromatic N) is 2. The van der Waals surface area contributed by atoms with E-state index >= 15 is 0 Å². The Kier molecular flexibility index (Phi) is 6.68. The van der Waals surface area contributed by atoms with Gasteiger partial charge in [0.1, 0.15) is 5.82 Å². The van der Waals surface area contributed by atoms with Gasteiger partial charge in [-0.1, -0.05) is 12.1 Å². The number of hydrogen-bond donors (Lipinski definition) is 2. The van der Waals surface area contributed by atoms with E-state index in [0.717, 1.165) is 24.3 Å². The van der Waals surface area contributed by atoms with E-state index in [0.29, 0.717) is 22.9 Å². The molecule has 5 nitrogen and oxygen atoms in total. The van der Waals surface area contributed by atoms with Crippen LogP contribution in [0.3, 0.4) is 0 Å². The summed E-state index contributed by atoms with van der Waals surface area (Å²) < 4.78 is 93.3. The van der Waals surface area contributed by atoms with Crippen LogP contribution in [0.1, 0.15) is 27.0 Å². The summed E-state index contributed by atoms with van der Waals surface area (Å²) in [6, 6.07) is 11.7. The highest BCUT2D eigenvalue weighted by Crippen LogP contribution is 2.33. The number of aromatic nitrogens is 2. The van der Waals surface area contributed by atoms with Gasteiger partial charge < -0.3 is 10.4 Å². The first-order valence-electron chi connectivity index (χ1n) is 10.5. The van der Waals surface area contributed by atoms with Crippen molar-refractivity contribution < 1.29 is 40.6 Å². The predicted octanol–water partition coefficient (Wildman–Crippen LogP) is 7.03. The Morgan fingerprint density at radius 1 is 0.865 bits per heavy atom. The Bertz CT molecular complexity index is 1420. The number of aromatic carboxylic acids is 1. The second-order valence-electron chi connectivity index (χ2n) is 7.95. The minimum absolute atomic E-state index is 0.0207. The number of halogens is 7. The van der Waals surface area contributed by atoms with Crippen molar-refractivity contribution in [3.63, 3.8) is 0 Å². The molecule has 37 heavy (non-hydrogen) atoms. The summed E-state index contributed by atoms with van der Waals surface area (Å²) >= 11 is 0. The van der Waals surface area contributed by atoms with Gasteiger partial charge >= 0.3 is 18.3 Å². The molecule has 0 aliphatic rings. The molecular formula is C25H16F7N3O2. The SMILES string of the molecule is O=C(O)c1ccc(-n2cc(CNc3cc(F)cc(C(F)(F)F)c3)c(-c3ccc(C(F)(F)F)cc3)n2)cc1. The molecule has 0 aliphatic carbocycles. The van der Waals surface area contributed by atoms with Gasteiger partial charge in [-0.25, -0.2) is 13.9 Å². The maximum absolute atomic E-state index is 13.8. The first-order valence-corrected chi connectivity index (χ1v) is 10.5. The van der Waals surface area contributed by atoms with E-state index < -0.39 is 35.3 Å². The second-order valence-corrected chi connectivity index (χ2v) is 7.95. The van der Waals surface area contributed by atoms with E-state index in [9.17, 15) is 35.5 Å². The van der Waals surface area contributed by atoms with Gasteiger partial charge in [-0.15, -0.1) is 0 Å². The Balaban J connectivity index is 1.71. The van der Waals surface area contributed by atoms with Crippen LogP contribution in [0.2, 0.25) is 0 Å². The first kappa shape index (κ1) is 25.7. The predicted molar refractivity (Wildman–Crippen MR) is 120 cm³/mol. The van der Waals surface area contributed by atoms with Crippen molar-refractivity contribution in [3.8, 4) is 16.9 Å². The summed E-state index contributed by atoms with van der Waals surface area (Å²) in [4.78, 5) is 11.1. The molecule has 1 heterocycles. The summed E-state index contributed by atoms with van der Waals surface area (Å²) in [5.74, 6) is -2.25. The Labute approximate surface area is 204 Å². The Morgan fingerprint density at radius 3 is 2.05 bits per heavy atom.